The molecule has 0 aromatic heterocycles. The van der Waals surface area contributed by atoms with Crippen LogP contribution in [0.2, 0.25) is 0 Å². The van der Waals surface area contributed by atoms with Crippen LogP contribution in [0.5, 0.6) is 11.5 Å². The van der Waals surface area contributed by atoms with Gasteiger partial charge in [-0.15, -0.1) is 0 Å². The van der Waals surface area contributed by atoms with Crippen LogP contribution in [0.25, 0.3) is 0 Å². The molecule has 0 heterocycles. The van der Waals surface area contributed by atoms with Crippen LogP contribution in [0.3, 0.4) is 0 Å². The molecule has 0 aliphatic heterocycles. The van der Waals surface area contributed by atoms with E-state index in [4.69, 9.17) is 9.47 Å². The Kier molecular flexibility index (Phi) is 6.42. The van der Waals surface area contributed by atoms with Gasteiger partial charge in [0.15, 0.2) is 11.5 Å². The van der Waals surface area contributed by atoms with Crippen LogP contribution >= 0.6 is 0 Å². The Morgan fingerprint density at radius 1 is 0.613 bits per heavy atom. The van der Waals surface area contributed by atoms with Gasteiger partial charge < -0.3 is 9.47 Å². The quantitative estimate of drug-likeness (QED) is 0.529. The summed E-state index contributed by atoms with van der Waals surface area (Å²) in [4.78, 5) is -0.0231. The molecule has 10 heteroatoms. The third-order valence-electron chi connectivity index (χ3n) is 4.39. The zero-order valence-electron chi connectivity index (χ0n) is 17.1. The molecule has 0 saturated carbocycles. The number of hydrogen-bond donors (Lipinski definition) is 2. The number of rotatable bonds is 8. The second-order valence-corrected chi connectivity index (χ2v) is 9.98. The second-order valence-electron chi connectivity index (χ2n) is 6.62. The minimum absolute atomic E-state index is 0.00198. The van der Waals surface area contributed by atoms with Crippen LogP contribution < -0.4 is 18.9 Å². The summed E-state index contributed by atoms with van der Waals surface area (Å²) in [5, 5.41) is 0. The lowest BCUT2D eigenvalue weighted by atomic mass is 10.2. The van der Waals surface area contributed by atoms with Crippen molar-refractivity contribution < 1.29 is 26.3 Å². The zero-order valence-corrected chi connectivity index (χ0v) is 18.7. The SMILES string of the molecule is COc1ccc(S(=O)(=O)Nc2ccc(S(=O)(=O)Nc3ccc(C)cc3)cc2)cc1OC. The highest BCUT2D eigenvalue weighted by atomic mass is 32.2. The number of methoxy groups -OCH3 is 2. The van der Waals surface area contributed by atoms with Gasteiger partial charge in [0.2, 0.25) is 0 Å². The minimum atomic E-state index is -3.92. The van der Waals surface area contributed by atoms with E-state index in [0.717, 1.165) is 5.56 Å². The lowest BCUT2D eigenvalue weighted by Crippen LogP contribution is -2.14. The Hall–Kier alpha value is -3.24. The predicted octanol–water partition coefficient (Wildman–Crippen LogP) is 3.61. The summed E-state index contributed by atoms with van der Waals surface area (Å²) >= 11 is 0. The zero-order chi connectivity index (χ0) is 22.6. The summed E-state index contributed by atoms with van der Waals surface area (Å²) in [6.45, 7) is 1.90. The van der Waals surface area contributed by atoms with Gasteiger partial charge in [-0.1, -0.05) is 17.7 Å². The van der Waals surface area contributed by atoms with Crippen molar-refractivity contribution in [2.45, 2.75) is 16.7 Å². The Morgan fingerprint density at radius 2 is 1.06 bits per heavy atom. The van der Waals surface area contributed by atoms with Gasteiger partial charge in [0.05, 0.1) is 24.0 Å². The van der Waals surface area contributed by atoms with Gasteiger partial charge in [-0.05, 0) is 55.5 Å². The molecule has 0 spiro atoms. The molecule has 31 heavy (non-hydrogen) atoms. The monoisotopic (exact) mass is 462 g/mol. The van der Waals surface area contributed by atoms with E-state index in [1.54, 1.807) is 24.3 Å². The van der Waals surface area contributed by atoms with Gasteiger partial charge in [-0.3, -0.25) is 9.44 Å². The fourth-order valence-electron chi connectivity index (χ4n) is 2.74. The largest absolute Gasteiger partial charge is 0.493 e. The Bertz CT molecular complexity index is 1270. The molecule has 164 valence electrons. The van der Waals surface area contributed by atoms with Gasteiger partial charge in [-0.2, -0.15) is 0 Å². The Morgan fingerprint density at radius 3 is 1.58 bits per heavy atom. The van der Waals surface area contributed by atoms with E-state index < -0.39 is 20.0 Å². The minimum Gasteiger partial charge on any atom is -0.493 e. The molecule has 3 aromatic carbocycles. The maximum atomic E-state index is 12.7. The molecule has 8 nitrogen and oxygen atoms in total. The first-order valence-electron chi connectivity index (χ1n) is 9.09. The van der Waals surface area contributed by atoms with E-state index in [1.165, 1.54) is 56.7 Å². The molecule has 0 bridgehead atoms. The van der Waals surface area contributed by atoms with Crippen molar-refractivity contribution in [3.8, 4) is 11.5 Å². The molecule has 0 amide bonds. The van der Waals surface area contributed by atoms with E-state index in [1.807, 2.05) is 6.92 Å². The molecule has 0 unspecified atom stereocenters. The smallest absolute Gasteiger partial charge is 0.262 e. The number of hydrogen-bond acceptors (Lipinski definition) is 6. The molecular weight excluding hydrogens is 440 g/mol. The number of ether oxygens (including phenoxy) is 2. The van der Waals surface area contributed by atoms with E-state index in [-0.39, 0.29) is 21.2 Å². The lowest BCUT2D eigenvalue weighted by Gasteiger charge is -2.12. The number of sulfonamides is 2. The summed E-state index contributed by atoms with van der Waals surface area (Å²) < 4.78 is 65.6. The Labute approximate surface area is 181 Å². The number of anilines is 2. The van der Waals surface area contributed by atoms with E-state index in [9.17, 15) is 16.8 Å². The fraction of sp³-hybridized carbons (Fsp3) is 0.143. The number of benzene rings is 3. The van der Waals surface area contributed by atoms with Crippen LogP contribution in [-0.2, 0) is 20.0 Å². The molecule has 0 atom stereocenters. The van der Waals surface area contributed by atoms with Gasteiger partial charge in [0, 0.05) is 17.4 Å². The third kappa shape index (κ3) is 5.28. The van der Waals surface area contributed by atoms with Gasteiger partial charge in [0.1, 0.15) is 0 Å². The van der Waals surface area contributed by atoms with Crippen molar-refractivity contribution in [1.82, 2.24) is 0 Å². The lowest BCUT2D eigenvalue weighted by molar-refractivity contribution is 0.354. The number of nitrogens with one attached hydrogen (secondary N) is 2. The molecule has 2 N–H and O–H groups in total. The predicted molar refractivity (Wildman–Crippen MR) is 119 cm³/mol. The molecule has 0 radical (unpaired) electrons. The maximum absolute atomic E-state index is 12.7. The first kappa shape index (κ1) is 22.4. The molecule has 3 aromatic rings. The van der Waals surface area contributed by atoms with Crippen LogP contribution in [0.15, 0.2) is 76.5 Å². The highest BCUT2D eigenvalue weighted by Gasteiger charge is 2.19. The molecule has 0 saturated heterocycles. The van der Waals surface area contributed by atoms with Crippen LogP contribution in [0, 0.1) is 6.92 Å². The standard InChI is InChI=1S/C21H22N2O6S2/c1-15-4-6-16(7-5-15)22-30(24,25)18-10-8-17(9-11-18)23-31(26,27)19-12-13-20(28-2)21(14-19)29-3/h4-14,22-23H,1-3H3. The van der Waals surface area contributed by atoms with Crippen LogP contribution in [0.4, 0.5) is 11.4 Å². The summed E-state index contributed by atoms with van der Waals surface area (Å²) in [5.41, 5.74) is 1.65. The van der Waals surface area contributed by atoms with Crippen LogP contribution in [-0.4, -0.2) is 31.1 Å². The van der Waals surface area contributed by atoms with Crippen molar-refractivity contribution in [1.29, 1.82) is 0 Å². The molecule has 3 rings (SSSR count). The van der Waals surface area contributed by atoms with E-state index in [2.05, 4.69) is 9.44 Å². The average molecular weight is 463 g/mol. The van der Waals surface area contributed by atoms with Crippen molar-refractivity contribution >= 4 is 31.4 Å². The summed E-state index contributed by atoms with van der Waals surface area (Å²) in [6, 6.07) is 16.5. The molecule has 0 aliphatic carbocycles. The Balaban J connectivity index is 1.79. The third-order valence-corrected chi connectivity index (χ3v) is 7.16. The van der Waals surface area contributed by atoms with E-state index >= 15 is 0 Å². The van der Waals surface area contributed by atoms with Crippen molar-refractivity contribution in [2.24, 2.45) is 0 Å². The highest BCUT2D eigenvalue weighted by Crippen LogP contribution is 2.30. The van der Waals surface area contributed by atoms with Crippen molar-refractivity contribution in [3.63, 3.8) is 0 Å². The highest BCUT2D eigenvalue weighted by molar-refractivity contribution is 7.93. The van der Waals surface area contributed by atoms with Crippen molar-refractivity contribution in [3.05, 3.63) is 72.3 Å². The average Bonchev–Trinajstić information content (AvgIpc) is 2.74. The summed E-state index contributed by atoms with van der Waals surface area (Å²) in [7, 11) is -4.88. The summed E-state index contributed by atoms with van der Waals surface area (Å²) in [5.74, 6) is 0.672. The first-order chi connectivity index (χ1) is 14.6. The van der Waals surface area contributed by atoms with Gasteiger partial charge in [0.25, 0.3) is 20.0 Å². The maximum Gasteiger partial charge on any atom is 0.262 e. The van der Waals surface area contributed by atoms with Gasteiger partial charge in [-0.25, -0.2) is 16.8 Å². The van der Waals surface area contributed by atoms with Crippen LogP contribution in [0.1, 0.15) is 5.56 Å². The van der Waals surface area contributed by atoms with Crippen molar-refractivity contribution in [2.75, 3.05) is 23.7 Å². The molecular formula is C21H22N2O6S2. The summed E-state index contributed by atoms with van der Waals surface area (Å²) in [6.07, 6.45) is 0. The second kappa shape index (κ2) is 8.86. The normalized spacial score (nSPS) is 11.6. The van der Waals surface area contributed by atoms with E-state index in [0.29, 0.717) is 11.4 Å². The molecule has 0 fully saturated rings. The molecule has 0 aliphatic rings. The van der Waals surface area contributed by atoms with Gasteiger partial charge >= 0.3 is 0 Å². The topological polar surface area (TPSA) is 111 Å². The first-order valence-corrected chi connectivity index (χ1v) is 12.1. The number of aryl methyl sites for hydroxylation is 1. The fourth-order valence-corrected chi connectivity index (χ4v) is 4.87.